The highest BCUT2D eigenvalue weighted by Gasteiger charge is 2.41. The van der Waals surface area contributed by atoms with Crippen molar-refractivity contribution in [1.82, 2.24) is 20.1 Å². The summed E-state index contributed by atoms with van der Waals surface area (Å²) >= 11 is 1.72. The first-order valence-electron chi connectivity index (χ1n) is 7.79. The molecule has 7 heteroatoms. The lowest BCUT2D eigenvalue weighted by Gasteiger charge is -2.34. The number of likely N-dealkylation sites (tertiary alicyclic amines) is 1. The molecule has 0 saturated carbocycles. The van der Waals surface area contributed by atoms with Crippen molar-refractivity contribution in [1.29, 1.82) is 0 Å². The Labute approximate surface area is 133 Å². The van der Waals surface area contributed by atoms with Gasteiger partial charge in [0.2, 0.25) is 11.8 Å². The van der Waals surface area contributed by atoms with Gasteiger partial charge in [-0.05, 0) is 26.2 Å². The Morgan fingerprint density at radius 3 is 2.91 bits per heavy atom. The Morgan fingerprint density at radius 2 is 2.18 bits per heavy atom. The van der Waals surface area contributed by atoms with Crippen LogP contribution in [0.5, 0.6) is 0 Å². The summed E-state index contributed by atoms with van der Waals surface area (Å²) in [5, 5.41) is 11.3. The summed E-state index contributed by atoms with van der Waals surface area (Å²) in [7, 11) is 0. The molecular formula is C15H20N4O2S. The van der Waals surface area contributed by atoms with Gasteiger partial charge >= 0.3 is 0 Å². The minimum absolute atomic E-state index is 0.0380. The highest BCUT2D eigenvalue weighted by molar-refractivity contribution is 7.09. The molecule has 6 nitrogen and oxygen atoms in total. The molecule has 2 aromatic rings. The predicted octanol–water partition coefficient (Wildman–Crippen LogP) is 2.64. The van der Waals surface area contributed by atoms with Crippen molar-refractivity contribution in [2.75, 3.05) is 6.54 Å². The van der Waals surface area contributed by atoms with Gasteiger partial charge in [-0.15, -0.1) is 21.5 Å². The monoisotopic (exact) mass is 320 g/mol. The maximum Gasteiger partial charge on any atom is 0.245 e. The van der Waals surface area contributed by atoms with Crippen molar-refractivity contribution in [3.05, 3.63) is 27.9 Å². The highest BCUT2D eigenvalue weighted by atomic mass is 32.1. The standard InChI is InChI=1S/C15H20N4O2S/c1-9-17-18-15(20-9)14-4-3-12-13(21-14)5-6-19(12)7-11-8-22-10(2)16-11/h8,12-14H,3-7H2,1-2H3/t12-,13-,14+/m1/s1. The summed E-state index contributed by atoms with van der Waals surface area (Å²) in [5.74, 6) is 1.23. The Morgan fingerprint density at radius 1 is 1.27 bits per heavy atom. The van der Waals surface area contributed by atoms with E-state index in [1.165, 1.54) is 5.69 Å². The van der Waals surface area contributed by atoms with E-state index in [0.717, 1.165) is 37.4 Å². The van der Waals surface area contributed by atoms with Crippen LogP contribution in [0.4, 0.5) is 0 Å². The van der Waals surface area contributed by atoms with Gasteiger partial charge in [-0.1, -0.05) is 0 Å². The normalized spacial score (nSPS) is 28.9. The second-order valence-electron chi connectivity index (χ2n) is 6.08. The number of hydrogen-bond acceptors (Lipinski definition) is 7. The van der Waals surface area contributed by atoms with Crippen LogP contribution < -0.4 is 0 Å². The molecule has 0 N–H and O–H groups in total. The molecule has 3 atom stereocenters. The SMILES string of the molecule is Cc1nnc([C@@H]2CC[C@@H]3[C@@H](CCN3Cc3csc(C)n3)O2)o1. The fourth-order valence-corrected chi connectivity index (χ4v) is 4.13. The summed E-state index contributed by atoms with van der Waals surface area (Å²) in [5.41, 5.74) is 1.18. The lowest BCUT2D eigenvalue weighted by Crippen LogP contribution is -2.40. The molecule has 0 unspecified atom stereocenters. The van der Waals surface area contributed by atoms with Crippen LogP contribution in [0.25, 0.3) is 0 Å². The molecule has 4 heterocycles. The van der Waals surface area contributed by atoms with Crippen LogP contribution in [0.1, 0.15) is 47.8 Å². The van der Waals surface area contributed by atoms with Crippen molar-refractivity contribution >= 4 is 11.3 Å². The number of fused-ring (bicyclic) bond motifs is 1. The number of thiazole rings is 1. The van der Waals surface area contributed by atoms with Gasteiger partial charge in [-0.2, -0.15) is 0 Å². The lowest BCUT2D eigenvalue weighted by molar-refractivity contribution is -0.0819. The summed E-state index contributed by atoms with van der Waals surface area (Å²) < 4.78 is 11.8. The van der Waals surface area contributed by atoms with E-state index in [9.17, 15) is 0 Å². The molecule has 118 valence electrons. The van der Waals surface area contributed by atoms with Gasteiger partial charge in [-0.25, -0.2) is 4.98 Å². The van der Waals surface area contributed by atoms with Crippen molar-refractivity contribution < 1.29 is 9.15 Å². The Kier molecular flexibility index (Phi) is 3.71. The molecule has 0 bridgehead atoms. The van der Waals surface area contributed by atoms with Gasteiger partial charge in [0, 0.05) is 31.4 Å². The van der Waals surface area contributed by atoms with Gasteiger partial charge in [0.25, 0.3) is 0 Å². The lowest BCUT2D eigenvalue weighted by atomic mass is 9.99. The molecule has 2 saturated heterocycles. The van der Waals surface area contributed by atoms with Gasteiger partial charge in [0.1, 0.15) is 6.10 Å². The quantitative estimate of drug-likeness (QED) is 0.866. The number of rotatable bonds is 3. The molecule has 2 aliphatic rings. The van der Waals surface area contributed by atoms with E-state index in [1.54, 1.807) is 11.3 Å². The summed E-state index contributed by atoms with van der Waals surface area (Å²) in [6.07, 6.45) is 3.35. The van der Waals surface area contributed by atoms with Crippen molar-refractivity contribution in [2.45, 2.75) is 57.9 Å². The minimum atomic E-state index is -0.0380. The largest absolute Gasteiger partial charge is 0.423 e. The molecule has 2 fully saturated rings. The predicted molar refractivity (Wildman–Crippen MR) is 81.5 cm³/mol. The zero-order valence-corrected chi connectivity index (χ0v) is 13.7. The smallest absolute Gasteiger partial charge is 0.245 e. The Balaban J connectivity index is 1.41. The first-order valence-corrected chi connectivity index (χ1v) is 8.67. The molecular weight excluding hydrogens is 300 g/mol. The van der Waals surface area contributed by atoms with Crippen LogP contribution in [0.2, 0.25) is 0 Å². The topological polar surface area (TPSA) is 64.3 Å². The van der Waals surface area contributed by atoms with E-state index in [2.05, 4.69) is 32.4 Å². The molecule has 2 aliphatic heterocycles. The van der Waals surface area contributed by atoms with Crippen LogP contribution in [-0.4, -0.2) is 38.8 Å². The maximum absolute atomic E-state index is 6.23. The molecule has 0 aliphatic carbocycles. The summed E-state index contributed by atoms with van der Waals surface area (Å²) in [6.45, 7) is 5.87. The fraction of sp³-hybridized carbons (Fsp3) is 0.667. The van der Waals surface area contributed by atoms with E-state index in [4.69, 9.17) is 9.15 Å². The molecule has 0 spiro atoms. The molecule has 0 aromatic carbocycles. The van der Waals surface area contributed by atoms with Crippen LogP contribution in [0, 0.1) is 13.8 Å². The maximum atomic E-state index is 6.23. The van der Waals surface area contributed by atoms with E-state index < -0.39 is 0 Å². The number of ether oxygens (including phenoxy) is 1. The third-order valence-corrected chi connectivity index (χ3v) is 5.33. The summed E-state index contributed by atoms with van der Waals surface area (Å²) in [4.78, 5) is 7.09. The molecule has 0 radical (unpaired) electrons. The van der Waals surface area contributed by atoms with Crippen LogP contribution in [-0.2, 0) is 11.3 Å². The molecule has 2 aromatic heterocycles. The first kappa shape index (κ1) is 14.3. The van der Waals surface area contributed by atoms with Gasteiger partial charge in [0.15, 0.2) is 0 Å². The molecule has 22 heavy (non-hydrogen) atoms. The first-order chi connectivity index (χ1) is 10.7. The number of aromatic nitrogens is 3. The number of hydrogen-bond donors (Lipinski definition) is 0. The molecule has 0 amide bonds. The Bertz CT molecular complexity index is 656. The van der Waals surface area contributed by atoms with E-state index in [-0.39, 0.29) is 12.2 Å². The van der Waals surface area contributed by atoms with Gasteiger partial charge in [0.05, 0.1) is 16.8 Å². The van der Waals surface area contributed by atoms with Crippen molar-refractivity contribution in [3.8, 4) is 0 Å². The average Bonchev–Trinajstić information content (AvgIpc) is 3.21. The third-order valence-electron chi connectivity index (χ3n) is 4.51. The van der Waals surface area contributed by atoms with Crippen molar-refractivity contribution in [3.63, 3.8) is 0 Å². The Hall–Kier alpha value is -1.31. The summed E-state index contributed by atoms with van der Waals surface area (Å²) in [6, 6.07) is 0.488. The van der Waals surface area contributed by atoms with E-state index in [0.29, 0.717) is 17.8 Å². The zero-order valence-electron chi connectivity index (χ0n) is 12.9. The number of aryl methyl sites for hydroxylation is 2. The van der Waals surface area contributed by atoms with E-state index in [1.807, 2.05) is 6.92 Å². The fourth-order valence-electron chi connectivity index (χ4n) is 3.52. The van der Waals surface area contributed by atoms with Crippen molar-refractivity contribution in [2.24, 2.45) is 0 Å². The second kappa shape index (κ2) is 5.72. The van der Waals surface area contributed by atoms with Crippen LogP contribution >= 0.6 is 11.3 Å². The molecule has 4 rings (SSSR count). The average molecular weight is 320 g/mol. The minimum Gasteiger partial charge on any atom is -0.423 e. The second-order valence-corrected chi connectivity index (χ2v) is 7.15. The van der Waals surface area contributed by atoms with E-state index >= 15 is 0 Å². The third kappa shape index (κ3) is 2.68. The van der Waals surface area contributed by atoms with Gasteiger partial charge in [-0.3, -0.25) is 4.90 Å². The van der Waals surface area contributed by atoms with Gasteiger partial charge < -0.3 is 9.15 Å². The number of nitrogens with zero attached hydrogens (tertiary/aromatic N) is 4. The zero-order chi connectivity index (χ0) is 15.1. The van der Waals surface area contributed by atoms with Crippen LogP contribution in [0.3, 0.4) is 0 Å². The highest BCUT2D eigenvalue weighted by Crippen LogP contribution is 2.38. The van der Waals surface area contributed by atoms with Crippen LogP contribution in [0.15, 0.2) is 9.80 Å².